The summed E-state index contributed by atoms with van der Waals surface area (Å²) in [5.74, 6) is -0.889. The minimum absolute atomic E-state index is 0.0197. The van der Waals surface area contributed by atoms with Gasteiger partial charge in [-0.2, -0.15) is 0 Å². The van der Waals surface area contributed by atoms with Gasteiger partial charge in [-0.25, -0.2) is 0 Å². The lowest BCUT2D eigenvalue weighted by Crippen LogP contribution is -2.54. The fourth-order valence-electron chi connectivity index (χ4n) is 6.35. The summed E-state index contributed by atoms with van der Waals surface area (Å²) in [7, 11) is 0. The monoisotopic (exact) mass is 520 g/mol. The summed E-state index contributed by atoms with van der Waals surface area (Å²) in [5.41, 5.74) is 2.69. The number of carbonyl (C=O) groups excluding carboxylic acids is 3. The number of likely N-dealkylation sites (tertiary alicyclic amines) is 1. The molecule has 0 radical (unpaired) electrons. The number of aryl methyl sites for hydroxylation is 1. The lowest BCUT2D eigenvalue weighted by Gasteiger charge is -2.48. The summed E-state index contributed by atoms with van der Waals surface area (Å²) in [6, 6.07) is 10.4. The second-order valence-electron chi connectivity index (χ2n) is 11.0. The fraction of sp³-hybridized carbons (Fsp3) is 0.594. The Kier molecular flexibility index (Phi) is 10.2. The number of carbonyl (C=O) groups is 3. The van der Waals surface area contributed by atoms with Crippen molar-refractivity contribution >= 4 is 17.8 Å². The first kappa shape index (κ1) is 28.1. The maximum absolute atomic E-state index is 13.8. The van der Waals surface area contributed by atoms with E-state index in [0.29, 0.717) is 32.5 Å². The van der Waals surface area contributed by atoms with E-state index in [9.17, 15) is 14.4 Å². The number of ether oxygens (including phenoxy) is 1. The van der Waals surface area contributed by atoms with Crippen LogP contribution in [0.3, 0.4) is 0 Å². The summed E-state index contributed by atoms with van der Waals surface area (Å²) < 4.78 is 5.57. The van der Waals surface area contributed by atoms with E-state index < -0.39 is 11.3 Å². The minimum Gasteiger partial charge on any atom is -0.465 e. The van der Waals surface area contributed by atoms with Crippen LogP contribution in [-0.4, -0.2) is 42.4 Å². The van der Waals surface area contributed by atoms with E-state index >= 15 is 0 Å². The van der Waals surface area contributed by atoms with E-state index in [-0.39, 0.29) is 24.2 Å². The summed E-state index contributed by atoms with van der Waals surface area (Å²) in [5, 5.41) is 3.02. The molecule has 1 heterocycles. The van der Waals surface area contributed by atoms with Crippen LogP contribution < -0.4 is 5.32 Å². The Balaban J connectivity index is 1.41. The number of allylic oxidation sites excluding steroid dienone is 2. The van der Waals surface area contributed by atoms with Gasteiger partial charge in [0.25, 0.3) is 0 Å². The van der Waals surface area contributed by atoms with Gasteiger partial charge in [0.1, 0.15) is 5.41 Å². The molecule has 2 atom stereocenters. The summed E-state index contributed by atoms with van der Waals surface area (Å²) in [4.78, 5) is 41.9. The second kappa shape index (κ2) is 13.8. The van der Waals surface area contributed by atoms with Crippen LogP contribution in [0.5, 0.6) is 0 Å². The first-order chi connectivity index (χ1) is 18.5. The molecule has 38 heavy (non-hydrogen) atoms. The van der Waals surface area contributed by atoms with Crippen LogP contribution in [0.25, 0.3) is 0 Å². The first-order valence-corrected chi connectivity index (χ1v) is 14.7. The molecule has 0 aromatic heterocycles. The Labute approximate surface area is 227 Å². The topological polar surface area (TPSA) is 75.7 Å². The summed E-state index contributed by atoms with van der Waals surface area (Å²) >= 11 is 0. The van der Waals surface area contributed by atoms with Crippen LogP contribution in [0, 0.1) is 11.3 Å². The van der Waals surface area contributed by atoms with Crippen LogP contribution in [0.15, 0.2) is 53.8 Å². The number of unbranched alkanes of at least 4 members (excludes halogenated alkanes) is 1. The third-order valence-corrected chi connectivity index (χ3v) is 8.33. The Morgan fingerprint density at radius 2 is 1.87 bits per heavy atom. The van der Waals surface area contributed by atoms with E-state index in [1.807, 2.05) is 30.0 Å². The van der Waals surface area contributed by atoms with Crippen LogP contribution in [0.1, 0.15) is 89.5 Å². The zero-order valence-electron chi connectivity index (χ0n) is 23.0. The summed E-state index contributed by atoms with van der Waals surface area (Å²) in [6.07, 6.45) is 15.6. The number of nitrogens with one attached hydrogen (secondary N) is 1. The normalized spacial score (nSPS) is 23.2. The molecule has 3 aliphatic rings. The number of esters is 1. The van der Waals surface area contributed by atoms with Gasteiger partial charge in [0.2, 0.25) is 11.8 Å². The Bertz CT molecular complexity index is 1030. The molecule has 206 valence electrons. The van der Waals surface area contributed by atoms with Crippen LogP contribution >= 0.6 is 0 Å². The van der Waals surface area contributed by atoms with E-state index in [4.69, 9.17) is 4.74 Å². The molecule has 0 saturated carbocycles. The smallest absolute Gasteiger partial charge is 0.318 e. The highest BCUT2D eigenvalue weighted by molar-refractivity contribution is 5.92. The molecule has 1 aromatic carbocycles. The van der Waals surface area contributed by atoms with Crippen molar-refractivity contribution in [3.8, 4) is 0 Å². The van der Waals surface area contributed by atoms with Crippen molar-refractivity contribution in [1.82, 2.24) is 10.2 Å². The molecule has 0 spiro atoms. The average Bonchev–Trinajstić information content (AvgIpc) is 2.94. The molecule has 0 bridgehead atoms. The van der Waals surface area contributed by atoms with Crippen molar-refractivity contribution < 1.29 is 19.1 Å². The standard InChI is InChI=1S/C32H44N2O4/c1-2-38-31(37)32-20-11-9-18-28(32)34(22-19-26-15-7-4-8-16-26)30(36)27(24-32)23-29(35)33-21-12-10-17-25-13-5-3-6-14-25/h3,5-6,13-15,18,27H,2,4,7-12,16-17,19-24H2,1H3,(H,33,35)/t27-,32+/m1/s1. The number of fused-ring (bicyclic) bond motifs is 1. The highest BCUT2D eigenvalue weighted by atomic mass is 16.5. The predicted octanol–water partition coefficient (Wildman–Crippen LogP) is 5.87. The third-order valence-electron chi connectivity index (χ3n) is 8.33. The molecular formula is C32H44N2O4. The van der Waals surface area contributed by atoms with Crippen molar-refractivity contribution in [3.05, 3.63) is 59.3 Å². The first-order valence-electron chi connectivity index (χ1n) is 14.7. The van der Waals surface area contributed by atoms with Gasteiger partial charge in [-0.3, -0.25) is 14.4 Å². The van der Waals surface area contributed by atoms with E-state index in [1.54, 1.807) is 0 Å². The highest BCUT2D eigenvalue weighted by Crippen LogP contribution is 2.50. The maximum atomic E-state index is 13.8. The number of rotatable bonds is 12. The molecule has 1 aliphatic heterocycles. The Morgan fingerprint density at radius 3 is 2.63 bits per heavy atom. The van der Waals surface area contributed by atoms with Crippen molar-refractivity contribution in [2.24, 2.45) is 11.3 Å². The van der Waals surface area contributed by atoms with Crippen molar-refractivity contribution in [2.75, 3.05) is 19.7 Å². The quantitative estimate of drug-likeness (QED) is 0.212. The molecule has 2 amide bonds. The lowest BCUT2D eigenvalue weighted by molar-refractivity contribution is -0.162. The van der Waals surface area contributed by atoms with Gasteiger partial charge in [-0.05, 0) is 89.5 Å². The van der Waals surface area contributed by atoms with Gasteiger partial charge in [0.15, 0.2) is 0 Å². The molecular weight excluding hydrogens is 476 g/mol. The molecule has 6 nitrogen and oxygen atoms in total. The largest absolute Gasteiger partial charge is 0.465 e. The predicted molar refractivity (Wildman–Crippen MR) is 149 cm³/mol. The molecule has 4 rings (SSSR count). The number of nitrogens with zero attached hydrogens (tertiary/aromatic N) is 1. The van der Waals surface area contributed by atoms with E-state index in [0.717, 1.165) is 57.1 Å². The van der Waals surface area contributed by atoms with E-state index in [2.05, 4.69) is 29.6 Å². The maximum Gasteiger partial charge on any atom is 0.318 e. The van der Waals surface area contributed by atoms with Gasteiger partial charge in [-0.15, -0.1) is 0 Å². The molecule has 1 N–H and O–H groups in total. The average molecular weight is 521 g/mol. The highest BCUT2D eigenvalue weighted by Gasteiger charge is 2.54. The number of amides is 2. The molecule has 0 unspecified atom stereocenters. The van der Waals surface area contributed by atoms with Crippen LogP contribution in [0.4, 0.5) is 0 Å². The Hall–Kier alpha value is -2.89. The van der Waals surface area contributed by atoms with Crippen molar-refractivity contribution in [1.29, 1.82) is 0 Å². The third kappa shape index (κ3) is 6.95. The van der Waals surface area contributed by atoms with Crippen LogP contribution in [-0.2, 0) is 25.5 Å². The fourth-order valence-corrected chi connectivity index (χ4v) is 6.35. The van der Waals surface area contributed by atoms with Gasteiger partial charge in [-0.1, -0.05) is 48.1 Å². The molecule has 1 aromatic rings. The number of hydrogen-bond donors (Lipinski definition) is 1. The molecule has 1 saturated heterocycles. The van der Waals surface area contributed by atoms with Gasteiger partial charge in [0.05, 0.1) is 6.61 Å². The summed E-state index contributed by atoms with van der Waals surface area (Å²) in [6.45, 7) is 3.29. The van der Waals surface area contributed by atoms with Crippen molar-refractivity contribution in [2.45, 2.75) is 90.4 Å². The molecule has 1 fully saturated rings. The second-order valence-corrected chi connectivity index (χ2v) is 11.0. The molecule has 6 heteroatoms. The van der Waals surface area contributed by atoms with Gasteiger partial charge < -0.3 is 15.0 Å². The number of hydrogen-bond acceptors (Lipinski definition) is 4. The van der Waals surface area contributed by atoms with Crippen LogP contribution in [0.2, 0.25) is 0 Å². The van der Waals surface area contributed by atoms with Gasteiger partial charge in [0, 0.05) is 31.1 Å². The Morgan fingerprint density at radius 1 is 1.05 bits per heavy atom. The number of benzene rings is 1. The minimum atomic E-state index is -0.830. The van der Waals surface area contributed by atoms with E-state index in [1.165, 1.54) is 24.0 Å². The van der Waals surface area contributed by atoms with Crippen molar-refractivity contribution in [3.63, 3.8) is 0 Å². The lowest BCUT2D eigenvalue weighted by atomic mass is 9.66. The number of piperidine rings is 1. The zero-order chi connectivity index (χ0) is 26.8. The molecule has 2 aliphatic carbocycles. The SMILES string of the molecule is CCOC(=O)[C@]12CCCC=C1N(CCC1=CCCCC1)C(=O)[C@H](CC(=O)NCCCCc1ccccc1)C2. The zero-order valence-corrected chi connectivity index (χ0v) is 23.0. The van der Waals surface area contributed by atoms with Gasteiger partial charge >= 0.3 is 5.97 Å².